The van der Waals surface area contributed by atoms with Crippen LogP contribution in [0, 0.1) is 5.41 Å². The lowest BCUT2D eigenvalue weighted by atomic mass is 9.84. The van der Waals surface area contributed by atoms with E-state index in [0.717, 1.165) is 11.1 Å². The van der Waals surface area contributed by atoms with Gasteiger partial charge < -0.3 is 10.4 Å². The number of aliphatic carboxylic acids is 1. The fourth-order valence-corrected chi connectivity index (χ4v) is 2.59. The lowest BCUT2D eigenvalue weighted by Crippen LogP contribution is -2.48. The predicted molar refractivity (Wildman–Crippen MR) is 93.6 cm³/mol. The van der Waals surface area contributed by atoms with Crippen molar-refractivity contribution in [3.63, 3.8) is 0 Å². The van der Waals surface area contributed by atoms with E-state index in [1.807, 2.05) is 74.5 Å². The maximum atomic E-state index is 12.6. The van der Waals surface area contributed by atoms with Crippen molar-refractivity contribution in [2.24, 2.45) is 5.41 Å². The Kier molecular flexibility index (Phi) is 5.74. The minimum atomic E-state index is -1.03. The molecule has 0 bridgehead atoms. The molecular formula is C20H23NO3. The van der Waals surface area contributed by atoms with Gasteiger partial charge in [-0.25, -0.2) is 4.79 Å². The summed E-state index contributed by atoms with van der Waals surface area (Å²) < 4.78 is 0. The Morgan fingerprint density at radius 3 is 1.96 bits per heavy atom. The molecule has 0 fully saturated rings. The number of hydrogen-bond donors (Lipinski definition) is 2. The molecule has 0 aliphatic heterocycles. The molecule has 126 valence electrons. The topological polar surface area (TPSA) is 66.4 Å². The van der Waals surface area contributed by atoms with Crippen LogP contribution in [0.1, 0.15) is 25.0 Å². The van der Waals surface area contributed by atoms with Crippen molar-refractivity contribution < 1.29 is 14.7 Å². The van der Waals surface area contributed by atoms with Gasteiger partial charge in [-0.1, -0.05) is 74.5 Å². The van der Waals surface area contributed by atoms with Crippen LogP contribution in [0.3, 0.4) is 0 Å². The Labute approximate surface area is 142 Å². The number of carbonyl (C=O) groups is 2. The van der Waals surface area contributed by atoms with Crippen LogP contribution in [0.15, 0.2) is 60.7 Å². The summed E-state index contributed by atoms with van der Waals surface area (Å²) in [6.07, 6.45) is 0.820. The van der Waals surface area contributed by atoms with Gasteiger partial charge in [0.05, 0.1) is 0 Å². The number of carboxylic acids is 1. The van der Waals surface area contributed by atoms with Crippen molar-refractivity contribution in [2.45, 2.75) is 32.7 Å². The monoisotopic (exact) mass is 325 g/mol. The van der Waals surface area contributed by atoms with Gasteiger partial charge in [-0.2, -0.15) is 0 Å². The number of hydrogen-bond acceptors (Lipinski definition) is 2. The SMILES string of the molecule is CC(C)(Cc1ccccc1)C(=O)NC(Cc1ccccc1)C(=O)O. The quantitative estimate of drug-likeness (QED) is 0.822. The van der Waals surface area contributed by atoms with Crippen molar-refractivity contribution >= 4 is 11.9 Å². The van der Waals surface area contributed by atoms with Gasteiger partial charge in [-0.15, -0.1) is 0 Å². The average molecular weight is 325 g/mol. The smallest absolute Gasteiger partial charge is 0.326 e. The molecule has 4 heteroatoms. The molecule has 0 aliphatic carbocycles. The summed E-state index contributed by atoms with van der Waals surface area (Å²) in [5, 5.41) is 12.1. The summed E-state index contributed by atoms with van der Waals surface area (Å²) in [7, 11) is 0. The van der Waals surface area contributed by atoms with E-state index < -0.39 is 17.4 Å². The summed E-state index contributed by atoms with van der Waals surface area (Å²) in [4.78, 5) is 24.1. The van der Waals surface area contributed by atoms with Gasteiger partial charge in [0.1, 0.15) is 6.04 Å². The minimum absolute atomic E-state index is 0.255. The van der Waals surface area contributed by atoms with Gasteiger partial charge in [-0.3, -0.25) is 4.79 Å². The van der Waals surface area contributed by atoms with Gasteiger partial charge in [0.15, 0.2) is 0 Å². The third kappa shape index (κ3) is 4.95. The highest BCUT2D eigenvalue weighted by molar-refractivity contribution is 5.87. The first-order chi connectivity index (χ1) is 11.4. The van der Waals surface area contributed by atoms with E-state index in [1.165, 1.54) is 0 Å². The maximum Gasteiger partial charge on any atom is 0.326 e. The highest BCUT2D eigenvalue weighted by Gasteiger charge is 2.31. The third-order valence-corrected chi connectivity index (χ3v) is 3.99. The number of nitrogens with one attached hydrogen (secondary N) is 1. The third-order valence-electron chi connectivity index (χ3n) is 3.99. The second-order valence-electron chi connectivity index (χ2n) is 6.60. The molecule has 2 N–H and O–H groups in total. The van der Waals surface area contributed by atoms with Crippen LogP contribution in [0.5, 0.6) is 0 Å². The van der Waals surface area contributed by atoms with Crippen LogP contribution in [0.2, 0.25) is 0 Å². The largest absolute Gasteiger partial charge is 0.480 e. The lowest BCUT2D eigenvalue weighted by Gasteiger charge is -2.26. The Bertz CT molecular complexity index is 681. The Morgan fingerprint density at radius 2 is 1.46 bits per heavy atom. The molecule has 0 saturated heterocycles. The first kappa shape index (κ1) is 17.7. The Morgan fingerprint density at radius 1 is 0.958 bits per heavy atom. The van der Waals surface area contributed by atoms with E-state index in [0.29, 0.717) is 6.42 Å². The molecule has 4 nitrogen and oxygen atoms in total. The molecule has 0 radical (unpaired) electrons. The molecule has 0 aromatic heterocycles. The average Bonchev–Trinajstić information content (AvgIpc) is 2.55. The Hall–Kier alpha value is -2.62. The van der Waals surface area contributed by atoms with Crippen LogP contribution < -0.4 is 5.32 Å². The van der Waals surface area contributed by atoms with Crippen molar-refractivity contribution in [1.82, 2.24) is 5.32 Å². The van der Waals surface area contributed by atoms with E-state index in [4.69, 9.17) is 0 Å². The number of carboxylic acid groups (broad SMARTS) is 1. The van der Waals surface area contributed by atoms with Gasteiger partial charge in [0, 0.05) is 11.8 Å². The summed E-state index contributed by atoms with van der Waals surface area (Å²) in [5.74, 6) is -1.28. The predicted octanol–water partition coefficient (Wildman–Crippen LogP) is 3.07. The summed E-state index contributed by atoms with van der Waals surface area (Å²) in [5.41, 5.74) is 1.24. The number of amides is 1. The number of carbonyl (C=O) groups excluding carboxylic acids is 1. The van der Waals surface area contributed by atoms with Gasteiger partial charge in [0.25, 0.3) is 0 Å². The molecule has 0 aliphatic rings. The number of benzene rings is 2. The molecule has 2 rings (SSSR count). The van der Waals surface area contributed by atoms with Crippen molar-refractivity contribution in [3.8, 4) is 0 Å². The molecular weight excluding hydrogens is 302 g/mol. The van der Waals surface area contributed by atoms with Gasteiger partial charge in [-0.05, 0) is 17.5 Å². The zero-order valence-electron chi connectivity index (χ0n) is 14.0. The second kappa shape index (κ2) is 7.77. The van der Waals surface area contributed by atoms with Crippen molar-refractivity contribution in [2.75, 3.05) is 0 Å². The maximum absolute atomic E-state index is 12.6. The van der Waals surface area contributed by atoms with E-state index in [-0.39, 0.29) is 12.3 Å². The fourth-order valence-electron chi connectivity index (χ4n) is 2.59. The van der Waals surface area contributed by atoms with Crippen LogP contribution in [-0.2, 0) is 22.4 Å². The molecule has 1 amide bonds. The first-order valence-corrected chi connectivity index (χ1v) is 8.00. The van der Waals surface area contributed by atoms with Crippen molar-refractivity contribution in [1.29, 1.82) is 0 Å². The fraction of sp³-hybridized carbons (Fsp3) is 0.300. The van der Waals surface area contributed by atoms with Crippen LogP contribution in [0.4, 0.5) is 0 Å². The molecule has 0 spiro atoms. The highest BCUT2D eigenvalue weighted by atomic mass is 16.4. The molecule has 0 heterocycles. The van der Waals surface area contributed by atoms with Crippen LogP contribution in [-0.4, -0.2) is 23.0 Å². The second-order valence-corrected chi connectivity index (χ2v) is 6.60. The van der Waals surface area contributed by atoms with Gasteiger partial charge in [0.2, 0.25) is 5.91 Å². The van der Waals surface area contributed by atoms with E-state index in [9.17, 15) is 14.7 Å². The highest BCUT2D eigenvalue weighted by Crippen LogP contribution is 2.22. The molecule has 1 unspecified atom stereocenters. The van der Waals surface area contributed by atoms with E-state index in [1.54, 1.807) is 0 Å². The Balaban J connectivity index is 2.05. The van der Waals surface area contributed by atoms with E-state index >= 15 is 0 Å². The molecule has 2 aromatic rings. The van der Waals surface area contributed by atoms with Gasteiger partial charge >= 0.3 is 5.97 Å². The minimum Gasteiger partial charge on any atom is -0.480 e. The molecule has 2 aromatic carbocycles. The summed E-state index contributed by atoms with van der Waals surface area (Å²) in [6.45, 7) is 3.66. The van der Waals surface area contributed by atoms with Crippen LogP contribution >= 0.6 is 0 Å². The normalized spacial score (nSPS) is 12.4. The summed E-state index contributed by atoms with van der Waals surface area (Å²) in [6, 6.07) is 18.1. The summed E-state index contributed by atoms with van der Waals surface area (Å²) >= 11 is 0. The molecule has 0 saturated carbocycles. The number of rotatable bonds is 7. The molecule has 1 atom stereocenters. The lowest BCUT2D eigenvalue weighted by molar-refractivity contribution is -0.143. The van der Waals surface area contributed by atoms with Crippen LogP contribution in [0.25, 0.3) is 0 Å². The zero-order chi connectivity index (χ0) is 17.6. The zero-order valence-corrected chi connectivity index (χ0v) is 14.0. The van der Waals surface area contributed by atoms with E-state index in [2.05, 4.69) is 5.32 Å². The first-order valence-electron chi connectivity index (χ1n) is 8.00. The van der Waals surface area contributed by atoms with Crippen molar-refractivity contribution in [3.05, 3.63) is 71.8 Å². The molecule has 24 heavy (non-hydrogen) atoms. The standard InChI is InChI=1S/C20H23NO3/c1-20(2,14-16-11-7-4-8-12-16)19(24)21-17(18(22)23)13-15-9-5-3-6-10-15/h3-12,17H,13-14H2,1-2H3,(H,21,24)(H,22,23).